The van der Waals surface area contributed by atoms with E-state index in [1.54, 1.807) is 0 Å². The van der Waals surface area contributed by atoms with Crippen molar-refractivity contribution in [3.8, 4) is 12.3 Å². The number of hydrogen-bond donors (Lipinski definition) is 1. The minimum absolute atomic E-state index is 0.0157. The van der Waals surface area contributed by atoms with Gasteiger partial charge in [0.1, 0.15) is 0 Å². The van der Waals surface area contributed by atoms with E-state index in [1.165, 1.54) is 12.1 Å². The van der Waals surface area contributed by atoms with E-state index < -0.39 is 5.82 Å². The summed E-state index contributed by atoms with van der Waals surface area (Å²) < 4.78 is 13.0. The maximum atomic E-state index is 13.0. The normalized spacial score (nSPS) is 9.73. The molecule has 0 aliphatic carbocycles. The smallest absolute Gasteiger partial charge is 0.160 e. The van der Waals surface area contributed by atoms with Gasteiger partial charge in [-0.25, -0.2) is 4.39 Å². The van der Waals surface area contributed by atoms with Crippen LogP contribution in [-0.4, -0.2) is 6.54 Å². The first-order valence-corrected chi connectivity index (χ1v) is 5.22. The highest BCUT2D eigenvalue weighted by atomic mass is 35.5. The molecule has 1 N–H and O–H groups in total. The molecule has 0 spiro atoms. The Morgan fingerprint density at radius 3 is 2.47 bits per heavy atom. The summed E-state index contributed by atoms with van der Waals surface area (Å²) in [7, 11) is 0. The molecule has 4 heteroatoms. The van der Waals surface area contributed by atoms with Crippen LogP contribution in [0.1, 0.15) is 12.8 Å². The number of halogens is 3. The Balaban J connectivity index is 2.59. The monoisotopic (exact) mass is 245 g/mol. The van der Waals surface area contributed by atoms with Gasteiger partial charge in [0, 0.05) is 18.7 Å². The third kappa shape index (κ3) is 3.62. The highest BCUT2D eigenvalue weighted by Crippen LogP contribution is 2.27. The van der Waals surface area contributed by atoms with Crippen LogP contribution in [0.3, 0.4) is 0 Å². The van der Waals surface area contributed by atoms with Crippen molar-refractivity contribution in [2.24, 2.45) is 0 Å². The summed E-state index contributed by atoms with van der Waals surface area (Å²) in [4.78, 5) is 0. The van der Waals surface area contributed by atoms with E-state index in [-0.39, 0.29) is 10.0 Å². The van der Waals surface area contributed by atoms with Gasteiger partial charge in [-0.1, -0.05) is 23.2 Å². The second kappa shape index (κ2) is 5.85. The van der Waals surface area contributed by atoms with Gasteiger partial charge in [0.05, 0.1) is 10.0 Å². The number of terminal acetylenes is 1. The molecule has 0 aliphatic rings. The Kier molecular flexibility index (Phi) is 4.74. The zero-order valence-electron chi connectivity index (χ0n) is 7.99. The predicted octanol–water partition coefficient (Wildman–Crippen LogP) is 3.96. The maximum absolute atomic E-state index is 13.0. The highest BCUT2D eigenvalue weighted by molar-refractivity contribution is 6.35. The lowest BCUT2D eigenvalue weighted by molar-refractivity contribution is 0.629. The highest BCUT2D eigenvalue weighted by Gasteiger charge is 2.06. The molecule has 0 saturated heterocycles. The Hall–Kier alpha value is -0.910. The summed E-state index contributed by atoms with van der Waals surface area (Å²) in [6.07, 6.45) is 6.66. The number of nitrogens with one attached hydrogen (secondary N) is 1. The van der Waals surface area contributed by atoms with E-state index in [2.05, 4.69) is 11.2 Å². The Morgan fingerprint density at radius 1 is 1.33 bits per heavy atom. The first kappa shape index (κ1) is 12.2. The van der Waals surface area contributed by atoms with Gasteiger partial charge >= 0.3 is 0 Å². The zero-order chi connectivity index (χ0) is 11.3. The topological polar surface area (TPSA) is 12.0 Å². The maximum Gasteiger partial charge on any atom is 0.160 e. The molecule has 15 heavy (non-hydrogen) atoms. The van der Waals surface area contributed by atoms with Crippen LogP contribution in [0.25, 0.3) is 0 Å². The predicted molar refractivity (Wildman–Crippen MR) is 63.0 cm³/mol. The van der Waals surface area contributed by atoms with E-state index in [9.17, 15) is 4.39 Å². The van der Waals surface area contributed by atoms with Crippen LogP contribution in [0.2, 0.25) is 10.0 Å². The van der Waals surface area contributed by atoms with Crippen molar-refractivity contribution in [3.63, 3.8) is 0 Å². The van der Waals surface area contributed by atoms with E-state index in [0.717, 1.165) is 6.42 Å². The fraction of sp³-hybridized carbons (Fsp3) is 0.273. The first-order valence-electron chi connectivity index (χ1n) is 4.47. The van der Waals surface area contributed by atoms with Crippen molar-refractivity contribution in [1.29, 1.82) is 0 Å². The summed E-state index contributed by atoms with van der Waals surface area (Å²) in [5, 5.41) is 3.09. The average molecular weight is 246 g/mol. The minimum atomic E-state index is -0.590. The van der Waals surface area contributed by atoms with Crippen molar-refractivity contribution in [3.05, 3.63) is 28.0 Å². The molecule has 0 amide bonds. The lowest BCUT2D eigenvalue weighted by Crippen LogP contribution is -2.01. The summed E-state index contributed by atoms with van der Waals surface area (Å²) >= 11 is 11.3. The Labute approximate surface area is 98.6 Å². The standard InChI is InChI=1S/C11H10Cl2FN/c1-2-3-4-5-15-8-6-9(12)11(14)10(13)7-8/h1,6-7,15H,3-5H2. The van der Waals surface area contributed by atoms with Crippen LogP contribution in [0.5, 0.6) is 0 Å². The number of benzene rings is 1. The third-order valence-corrected chi connectivity index (χ3v) is 2.36. The van der Waals surface area contributed by atoms with Crippen molar-refractivity contribution in [2.75, 3.05) is 11.9 Å². The fourth-order valence-corrected chi connectivity index (χ4v) is 1.57. The quantitative estimate of drug-likeness (QED) is 0.481. The van der Waals surface area contributed by atoms with Gasteiger partial charge in [-0.15, -0.1) is 12.3 Å². The van der Waals surface area contributed by atoms with Crippen molar-refractivity contribution >= 4 is 28.9 Å². The lowest BCUT2D eigenvalue weighted by Gasteiger charge is -2.07. The molecule has 0 aromatic heterocycles. The summed E-state index contributed by atoms with van der Waals surface area (Å²) in [5.74, 6) is 1.94. The molecule has 0 aliphatic heterocycles. The van der Waals surface area contributed by atoms with Crippen LogP contribution in [0.4, 0.5) is 10.1 Å². The molecule has 0 heterocycles. The average Bonchev–Trinajstić information content (AvgIpc) is 2.21. The molecule has 0 radical (unpaired) electrons. The molecule has 1 rings (SSSR count). The first-order chi connectivity index (χ1) is 7.15. The molecule has 0 bridgehead atoms. The summed E-state index contributed by atoms with van der Waals surface area (Å²) in [5.41, 5.74) is 0.698. The van der Waals surface area contributed by atoms with Gasteiger partial charge < -0.3 is 5.32 Å². The Morgan fingerprint density at radius 2 is 1.93 bits per heavy atom. The number of unbranched alkanes of at least 4 members (excludes halogenated alkanes) is 1. The number of hydrogen-bond acceptors (Lipinski definition) is 1. The molecular formula is C11H10Cl2FN. The van der Waals surface area contributed by atoms with Crippen LogP contribution in [-0.2, 0) is 0 Å². The van der Waals surface area contributed by atoms with Crippen LogP contribution >= 0.6 is 23.2 Å². The largest absolute Gasteiger partial charge is 0.385 e. The molecule has 0 atom stereocenters. The zero-order valence-corrected chi connectivity index (χ0v) is 9.50. The Bertz CT molecular complexity index is 362. The van der Waals surface area contributed by atoms with Crippen molar-refractivity contribution in [2.45, 2.75) is 12.8 Å². The molecule has 0 saturated carbocycles. The van der Waals surface area contributed by atoms with E-state index in [4.69, 9.17) is 29.6 Å². The molecule has 1 aromatic rings. The second-order valence-electron chi connectivity index (χ2n) is 2.99. The lowest BCUT2D eigenvalue weighted by atomic mass is 10.3. The van der Waals surface area contributed by atoms with Gasteiger partial charge in [0.15, 0.2) is 5.82 Å². The SMILES string of the molecule is C#CCCCNc1cc(Cl)c(F)c(Cl)c1. The third-order valence-electron chi connectivity index (χ3n) is 1.81. The molecule has 0 fully saturated rings. The van der Waals surface area contributed by atoms with E-state index in [1.807, 2.05) is 0 Å². The van der Waals surface area contributed by atoms with Crippen LogP contribution in [0, 0.1) is 18.2 Å². The van der Waals surface area contributed by atoms with Crippen molar-refractivity contribution in [1.82, 2.24) is 0 Å². The molecule has 0 unspecified atom stereocenters. The van der Waals surface area contributed by atoms with Gasteiger partial charge in [-0.2, -0.15) is 0 Å². The molecule has 1 aromatic carbocycles. The van der Waals surface area contributed by atoms with E-state index >= 15 is 0 Å². The minimum Gasteiger partial charge on any atom is -0.385 e. The fourth-order valence-electron chi connectivity index (χ4n) is 1.08. The van der Waals surface area contributed by atoms with Crippen LogP contribution in [0.15, 0.2) is 12.1 Å². The van der Waals surface area contributed by atoms with Gasteiger partial charge in [-0.3, -0.25) is 0 Å². The molecule has 1 nitrogen and oxygen atoms in total. The second-order valence-corrected chi connectivity index (χ2v) is 3.80. The van der Waals surface area contributed by atoms with Gasteiger partial charge in [-0.05, 0) is 18.6 Å². The number of rotatable bonds is 4. The summed E-state index contributed by atoms with van der Waals surface area (Å²) in [6.45, 7) is 0.711. The van der Waals surface area contributed by atoms with Crippen LogP contribution < -0.4 is 5.32 Å². The summed E-state index contributed by atoms with van der Waals surface area (Å²) in [6, 6.07) is 3.00. The van der Waals surface area contributed by atoms with Gasteiger partial charge in [0.25, 0.3) is 0 Å². The van der Waals surface area contributed by atoms with Crippen molar-refractivity contribution < 1.29 is 4.39 Å². The van der Waals surface area contributed by atoms with Gasteiger partial charge in [0.2, 0.25) is 0 Å². The van der Waals surface area contributed by atoms with E-state index in [0.29, 0.717) is 18.7 Å². The molecule has 80 valence electrons. The molecular weight excluding hydrogens is 236 g/mol. The number of anilines is 1.